The van der Waals surface area contributed by atoms with Crippen LogP contribution in [0.3, 0.4) is 0 Å². The first kappa shape index (κ1) is 11.5. The normalized spacial score (nSPS) is 30.3. The number of nitrogens with one attached hydrogen (secondary N) is 1. The van der Waals surface area contributed by atoms with Gasteiger partial charge >= 0.3 is 0 Å². The standard InChI is InChI=1S/C14H18N2O2/c15-13(18)10-4-1-5-11(12(10)17)14-7-2-3-9(16-14)6-8-14/h1,4-5,9,16-17H,2-3,6-8H2,(H2,15,18). The van der Waals surface area contributed by atoms with E-state index >= 15 is 0 Å². The number of nitrogens with two attached hydrogens (primary N) is 1. The van der Waals surface area contributed by atoms with Crippen LogP contribution in [0, 0.1) is 0 Å². The van der Waals surface area contributed by atoms with Crippen LogP contribution in [0.5, 0.6) is 5.75 Å². The SMILES string of the molecule is NC(=O)c1cccc(C23CCCC(CC2)N3)c1O. The summed E-state index contributed by atoms with van der Waals surface area (Å²) in [6, 6.07) is 5.83. The van der Waals surface area contributed by atoms with Crippen LogP contribution in [0.15, 0.2) is 18.2 Å². The minimum absolute atomic E-state index is 0.0556. The number of hydrogen-bond acceptors (Lipinski definition) is 3. The zero-order chi connectivity index (χ0) is 12.8. The summed E-state index contributed by atoms with van der Waals surface area (Å²) in [5.74, 6) is -0.517. The summed E-state index contributed by atoms with van der Waals surface area (Å²) in [6.45, 7) is 0. The molecule has 2 atom stereocenters. The minimum Gasteiger partial charge on any atom is -0.507 e. The van der Waals surface area contributed by atoms with Crippen molar-refractivity contribution in [1.82, 2.24) is 5.32 Å². The van der Waals surface area contributed by atoms with Crippen molar-refractivity contribution in [2.75, 3.05) is 0 Å². The van der Waals surface area contributed by atoms with Gasteiger partial charge in [0.05, 0.1) is 5.56 Å². The van der Waals surface area contributed by atoms with Gasteiger partial charge in [0.1, 0.15) is 5.75 Å². The molecule has 2 saturated heterocycles. The number of primary amides is 1. The van der Waals surface area contributed by atoms with Gasteiger partial charge in [0, 0.05) is 17.1 Å². The van der Waals surface area contributed by atoms with Crippen molar-refractivity contribution in [2.45, 2.75) is 43.7 Å². The highest BCUT2D eigenvalue weighted by molar-refractivity contribution is 5.96. The number of rotatable bonds is 2. The Morgan fingerprint density at radius 2 is 2.22 bits per heavy atom. The van der Waals surface area contributed by atoms with Crippen molar-refractivity contribution >= 4 is 5.91 Å². The van der Waals surface area contributed by atoms with Crippen molar-refractivity contribution < 1.29 is 9.90 Å². The Morgan fingerprint density at radius 1 is 1.39 bits per heavy atom. The minimum atomic E-state index is -0.573. The molecule has 96 valence electrons. The molecule has 0 radical (unpaired) electrons. The molecule has 0 aromatic heterocycles. The molecular weight excluding hydrogens is 228 g/mol. The highest BCUT2D eigenvalue weighted by Crippen LogP contribution is 2.46. The van der Waals surface area contributed by atoms with E-state index in [1.54, 1.807) is 12.1 Å². The van der Waals surface area contributed by atoms with Crippen LogP contribution in [-0.2, 0) is 5.54 Å². The number of carbonyl (C=O) groups is 1. The van der Waals surface area contributed by atoms with E-state index in [0.29, 0.717) is 6.04 Å². The van der Waals surface area contributed by atoms with Gasteiger partial charge in [-0.2, -0.15) is 0 Å². The molecule has 2 bridgehead atoms. The van der Waals surface area contributed by atoms with E-state index < -0.39 is 5.91 Å². The number of hydrogen-bond donors (Lipinski definition) is 3. The molecular formula is C14H18N2O2. The Hall–Kier alpha value is -1.55. The zero-order valence-corrected chi connectivity index (χ0v) is 10.3. The number of para-hydroxylation sites is 1. The first-order valence-corrected chi connectivity index (χ1v) is 6.52. The van der Waals surface area contributed by atoms with Crippen LogP contribution in [0.25, 0.3) is 0 Å². The molecule has 2 aliphatic rings. The molecule has 1 aromatic carbocycles. The number of carbonyl (C=O) groups excluding carboxylic acids is 1. The maximum Gasteiger partial charge on any atom is 0.252 e. The van der Waals surface area contributed by atoms with Crippen LogP contribution in [0.2, 0.25) is 0 Å². The van der Waals surface area contributed by atoms with E-state index in [0.717, 1.165) is 31.2 Å². The fourth-order valence-corrected chi connectivity index (χ4v) is 3.50. The van der Waals surface area contributed by atoms with Gasteiger partial charge in [0.2, 0.25) is 0 Å². The maximum absolute atomic E-state index is 11.3. The van der Waals surface area contributed by atoms with Gasteiger partial charge < -0.3 is 16.2 Å². The van der Waals surface area contributed by atoms with Crippen LogP contribution >= 0.6 is 0 Å². The monoisotopic (exact) mass is 246 g/mol. The van der Waals surface area contributed by atoms with Gasteiger partial charge in [-0.1, -0.05) is 12.1 Å². The number of amides is 1. The molecule has 2 heterocycles. The van der Waals surface area contributed by atoms with Crippen LogP contribution in [0.4, 0.5) is 0 Å². The number of phenols is 1. The number of piperidine rings is 1. The Balaban J connectivity index is 2.07. The molecule has 18 heavy (non-hydrogen) atoms. The van der Waals surface area contributed by atoms with Gasteiger partial charge in [0.25, 0.3) is 5.91 Å². The molecule has 4 heteroatoms. The third-order valence-corrected chi connectivity index (χ3v) is 4.37. The zero-order valence-electron chi connectivity index (χ0n) is 10.3. The molecule has 2 aliphatic heterocycles. The summed E-state index contributed by atoms with van der Waals surface area (Å²) >= 11 is 0. The lowest BCUT2D eigenvalue weighted by atomic mass is 9.82. The van der Waals surface area contributed by atoms with Crippen LogP contribution < -0.4 is 11.1 Å². The quantitative estimate of drug-likeness (QED) is 0.742. The van der Waals surface area contributed by atoms with Gasteiger partial charge in [0.15, 0.2) is 0 Å². The number of aromatic hydroxyl groups is 1. The first-order valence-electron chi connectivity index (χ1n) is 6.52. The van der Waals surface area contributed by atoms with Crippen molar-refractivity contribution in [1.29, 1.82) is 0 Å². The first-order chi connectivity index (χ1) is 8.62. The summed E-state index contributed by atoms with van der Waals surface area (Å²) in [5.41, 5.74) is 6.19. The van der Waals surface area contributed by atoms with Crippen molar-refractivity contribution in [2.24, 2.45) is 5.73 Å². The van der Waals surface area contributed by atoms with E-state index in [1.165, 1.54) is 6.42 Å². The maximum atomic E-state index is 11.3. The molecule has 2 fully saturated rings. The van der Waals surface area contributed by atoms with E-state index in [-0.39, 0.29) is 16.9 Å². The second kappa shape index (κ2) is 3.99. The van der Waals surface area contributed by atoms with E-state index in [4.69, 9.17) is 5.73 Å². The summed E-state index contributed by atoms with van der Waals surface area (Å²) in [7, 11) is 0. The second-order valence-electron chi connectivity index (χ2n) is 5.42. The third kappa shape index (κ3) is 1.60. The summed E-state index contributed by atoms with van der Waals surface area (Å²) in [5, 5.41) is 13.9. The van der Waals surface area contributed by atoms with Gasteiger partial charge in [-0.25, -0.2) is 0 Å². The second-order valence-corrected chi connectivity index (χ2v) is 5.42. The average Bonchev–Trinajstić information content (AvgIpc) is 2.65. The molecule has 0 spiro atoms. The molecule has 0 saturated carbocycles. The fourth-order valence-electron chi connectivity index (χ4n) is 3.50. The summed E-state index contributed by atoms with van der Waals surface area (Å²) < 4.78 is 0. The van der Waals surface area contributed by atoms with Gasteiger partial charge in [-0.05, 0) is 38.2 Å². The van der Waals surface area contributed by atoms with E-state index in [1.807, 2.05) is 6.07 Å². The Labute approximate surface area is 106 Å². The predicted molar refractivity (Wildman–Crippen MR) is 68.3 cm³/mol. The predicted octanol–water partition coefficient (Wildman–Crippen LogP) is 1.62. The summed E-state index contributed by atoms with van der Waals surface area (Å²) in [4.78, 5) is 11.3. The van der Waals surface area contributed by atoms with Crippen molar-refractivity contribution in [3.05, 3.63) is 29.3 Å². The van der Waals surface area contributed by atoms with Crippen LogP contribution in [0.1, 0.15) is 48.0 Å². The van der Waals surface area contributed by atoms with Crippen LogP contribution in [-0.4, -0.2) is 17.1 Å². The topological polar surface area (TPSA) is 75.4 Å². The molecule has 1 aromatic rings. The Bertz CT molecular complexity index is 497. The molecule has 0 aliphatic carbocycles. The lowest BCUT2D eigenvalue weighted by molar-refractivity contribution is 0.0997. The van der Waals surface area contributed by atoms with E-state index in [9.17, 15) is 9.90 Å². The van der Waals surface area contributed by atoms with Crippen molar-refractivity contribution in [3.8, 4) is 5.75 Å². The third-order valence-electron chi connectivity index (χ3n) is 4.37. The molecule has 1 amide bonds. The number of benzene rings is 1. The van der Waals surface area contributed by atoms with E-state index in [2.05, 4.69) is 5.32 Å². The average molecular weight is 246 g/mol. The Kier molecular flexibility index (Phi) is 2.55. The largest absolute Gasteiger partial charge is 0.507 e. The fraction of sp³-hybridized carbons (Fsp3) is 0.500. The van der Waals surface area contributed by atoms with Gasteiger partial charge in [-0.15, -0.1) is 0 Å². The Morgan fingerprint density at radius 3 is 3.00 bits per heavy atom. The lowest BCUT2D eigenvalue weighted by Gasteiger charge is -2.35. The number of fused-ring (bicyclic) bond motifs is 2. The van der Waals surface area contributed by atoms with Crippen molar-refractivity contribution in [3.63, 3.8) is 0 Å². The molecule has 4 nitrogen and oxygen atoms in total. The lowest BCUT2D eigenvalue weighted by Crippen LogP contribution is -2.44. The van der Waals surface area contributed by atoms with Gasteiger partial charge in [-0.3, -0.25) is 4.79 Å². The highest BCUT2D eigenvalue weighted by atomic mass is 16.3. The molecule has 4 N–H and O–H groups in total. The summed E-state index contributed by atoms with van der Waals surface area (Å²) in [6.07, 6.45) is 5.54. The molecule has 2 unspecified atom stereocenters. The smallest absolute Gasteiger partial charge is 0.252 e. The molecule has 3 rings (SSSR count). The highest BCUT2D eigenvalue weighted by Gasteiger charge is 2.44.